The van der Waals surface area contributed by atoms with Gasteiger partial charge in [0.2, 0.25) is 0 Å². The maximum atomic E-state index is 8.72. The molecule has 0 radical (unpaired) electrons. The minimum absolute atomic E-state index is 0.412. The summed E-state index contributed by atoms with van der Waals surface area (Å²) in [5.74, 6) is 0.213. The average Bonchev–Trinajstić information content (AvgIpc) is 2.77. The number of hydrogen-bond donors (Lipinski definition) is 1. The molecule has 1 aliphatic heterocycles. The highest BCUT2D eigenvalue weighted by molar-refractivity contribution is 5.38. The smallest absolute Gasteiger partial charge is 0.167 e. The van der Waals surface area contributed by atoms with Crippen molar-refractivity contribution in [1.82, 2.24) is 4.98 Å². The van der Waals surface area contributed by atoms with E-state index in [0.29, 0.717) is 31.3 Å². The largest absolute Gasteiger partial charge is 0.370 e. The van der Waals surface area contributed by atoms with Gasteiger partial charge in [-0.1, -0.05) is 6.07 Å². The van der Waals surface area contributed by atoms with E-state index in [1.807, 2.05) is 19.1 Å². The quantitative estimate of drug-likeness (QED) is 0.854. The van der Waals surface area contributed by atoms with E-state index in [0.717, 1.165) is 6.42 Å². The summed E-state index contributed by atoms with van der Waals surface area (Å²) in [6, 6.07) is 7.32. The first-order chi connectivity index (χ1) is 8.22. The molecule has 1 N–H and O–H groups in total. The van der Waals surface area contributed by atoms with Crippen LogP contribution in [0.4, 0.5) is 5.82 Å². The van der Waals surface area contributed by atoms with E-state index in [4.69, 9.17) is 14.7 Å². The first-order valence-corrected chi connectivity index (χ1v) is 5.61. The van der Waals surface area contributed by atoms with Gasteiger partial charge < -0.3 is 14.8 Å². The van der Waals surface area contributed by atoms with Crippen molar-refractivity contribution in [1.29, 1.82) is 5.26 Å². The molecule has 1 aliphatic rings. The highest BCUT2D eigenvalue weighted by Gasteiger charge is 2.30. The Morgan fingerprint density at radius 3 is 2.94 bits per heavy atom. The molecular formula is C12H15N3O2. The van der Waals surface area contributed by atoms with Crippen LogP contribution in [-0.4, -0.2) is 30.5 Å². The maximum absolute atomic E-state index is 8.72. The molecule has 2 heterocycles. The zero-order chi connectivity index (χ0) is 12.1. The van der Waals surface area contributed by atoms with Crippen LogP contribution in [0.3, 0.4) is 0 Å². The Morgan fingerprint density at radius 1 is 1.47 bits per heavy atom. The van der Waals surface area contributed by atoms with Gasteiger partial charge in [-0.3, -0.25) is 0 Å². The van der Waals surface area contributed by atoms with Crippen LogP contribution in [-0.2, 0) is 9.47 Å². The van der Waals surface area contributed by atoms with Gasteiger partial charge >= 0.3 is 0 Å². The van der Waals surface area contributed by atoms with Gasteiger partial charge in [0.25, 0.3) is 0 Å². The Morgan fingerprint density at radius 2 is 2.24 bits per heavy atom. The van der Waals surface area contributed by atoms with Gasteiger partial charge in [0.05, 0.1) is 13.2 Å². The van der Waals surface area contributed by atoms with Gasteiger partial charge in [-0.15, -0.1) is 0 Å². The van der Waals surface area contributed by atoms with Crippen LogP contribution in [0.2, 0.25) is 0 Å². The first-order valence-electron chi connectivity index (χ1n) is 5.61. The van der Waals surface area contributed by atoms with E-state index in [9.17, 15) is 0 Å². The molecule has 0 unspecified atom stereocenters. The van der Waals surface area contributed by atoms with E-state index >= 15 is 0 Å². The van der Waals surface area contributed by atoms with Crippen LogP contribution in [0.15, 0.2) is 18.2 Å². The Hall–Kier alpha value is -1.64. The molecule has 0 aliphatic carbocycles. The zero-order valence-corrected chi connectivity index (χ0v) is 9.77. The number of nitrogens with one attached hydrogen (secondary N) is 1. The van der Waals surface area contributed by atoms with Crippen molar-refractivity contribution < 1.29 is 9.47 Å². The number of hydrogen-bond acceptors (Lipinski definition) is 5. The minimum atomic E-state index is -0.486. The molecule has 1 fully saturated rings. The molecule has 0 aromatic carbocycles. The fourth-order valence-electron chi connectivity index (χ4n) is 1.71. The van der Waals surface area contributed by atoms with E-state index in [2.05, 4.69) is 10.3 Å². The van der Waals surface area contributed by atoms with Gasteiger partial charge in [0.1, 0.15) is 17.6 Å². The van der Waals surface area contributed by atoms with Crippen molar-refractivity contribution in [2.24, 2.45) is 0 Å². The van der Waals surface area contributed by atoms with Gasteiger partial charge in [-0.25, -0.2) is 4.98 Å². The van der Waals surface area contributed by atoms with Crippen LogP contribution < -0.4 is 5.32 Å². The van der Waals surface area contributed by atoms with Crippen molar-refractivity contribution in [2.75, 3.05) is 25.1 Å². The lowest BCUT2D eigenvalue weighted by Crippen LogP contribution is -2.28. The molecule has 5 nitrogen and oxygen atoms in total. The first kappa shape index (κ1) is 11.8. The van der Waals surface area contributed by atoms with Crippen molar-refractivity contribution >= 4 is 5.82 Å². The van der Waals surface area contributed by atoms with E-state index in [-0.39, 0.29) is 0 Å². The molecule has 0 saturated carbocycles. The molecule has 1 aromatic rings. The SMILES string of the molecule is CC1(CCNc2cccc(C#N)n2)OCCO1. The number of aromatic nitrogens is 1. The highest BCUT2D eigenvalue weighted by Crippen LogP contribution is 2.22. The highest BCUT2D eigenvalue weighted by atomic mass is 16.7. The minimum Gasteiger partial charge on any atom is -0.370 e. The maximum Gasteiger partial charge on any atom is 0.167 e. The molecule has 0 bridgehead atoms. The topological polar surface area (TPSA) is 67.2 Å². The van der Waals surface area contributed by atoms with Crippen molar-refractivity contribution in [3.63, 3.8) is 0 Å². The summed E-state index contributed by atoms with van der Waals surface area (Å²) in [4.78, 5) is 4.12. The standard InChI is InChI=1S/C12H15N3O2/c1-12(16-7-8-17-12)5-6-14-11-4-2-3-10(9-13)15-11/h2-4H,5-8H2,1H3,(H,14,15). The summed E-state index contributed by atoms with van der Waals surface area (Å²) < 4.78 is 11.0. The number of anilines is 1. The number of rotatable bonds is 4. The summed E-state index contributed by atoms with van der Waals surface area (Å²) in [5.41, 5.74) is 0.412. The lowest BCUT2D eigenvalue weighted by molar-refractivity contribution is -0.144. The average molecular weight is 233 g/mol. The summed E-state index contributed by atoms with van der Waals surface area (Å²) in [6.45, 7) is 3.93. The Balaban J connectivity index is 1.83. The lowest BCUT2D eigenvalue weighted by atomic mass is 10.2. The van der Waals surface area contributed by atoms with Crippen LogP contribution in [0.1, 0.15) is 19.0 Å². The number of ether oxygens (including phenoxy) is 2. The second kappa shape index (κ2) is 5.13. The molecular weight excluding hydrogens is 218 g/mol. The monoisotopic (exact) mass is 233 g/mol. The summed E-state index contributed by atoms with van der Waals surface area (Å²) in [7, 11) is 0. The predicted octanol–water partition coefficient (Wildman–Crippen LogP) is 1.52. The van der Waals surface area contributed by atoms with Crippen molar-refractivity contribution in [3.05, 3.63) is 23.9 Å². The second-order valence-electron chi connectivity index (χ2n) is 4.03. The fourth-order valence-corrected chi connectivity index (χ4v) is 1.71. The Labute approximate surface area is 100 Å². The van der Waals surface area contributed by atoms with Crippen LogP contribution in [0, 0.1) is 11.3 Å². The molecule has 5 heteroatoms. The van der Waals surface area contributed by atoms with Crippen molar-refractivity contribution in [2.45, 2.75) is 19.1 Å². The van der Waals surface area contributed by atoms with Gasteiger partial charge in [0.15, 0.2) is 5.79 Å². The third-order valence-electron chi connectivity index (χ3n) is 2.65. The molecule has 1 aromatic heterocycles. The van der Waals surface area contributed by atoms with E-state index in [1.165, 1.54) is 0 Å². The molecule has 90 valence electrons. The summed E-state index contributed by atoms with van der Waals surface area (Å²) in [6.07, 6.45) is 0.742. The van der Waals surface area contributed by atoms with Gasteiger partial charge in [-0.05, 0) is 19.1 Å². The number of nitriles is 1. The fraction of sp³-hybridized carbons (Fsp3) is 0.500. The number of pyridine rings is 1. The predicted molar refractivity (Wildman–Crippen MR) is 62.4 cm³/mol. The van der Waals surface area contributed by atoms with Crippen LogP contribution >= 0.6 is 0 Å². The third-order valence-corrected chi connectivity index (χ3v) is 2.65. The van der Waals surface area contributed by atoms with Crippen molar-refractivity contribution in [3.8, 4) is 6.07 Å². The van der Waals surface area contributed by atoms with Crippen LogP contribution in [0.5, 0.6) is 0 Å². The van der Waals surface area contributed by atoms with Crippen LogP contribution in [0.25, 0.3) is 0 Å². The van der Waals surface area contributed by atoms with E-state index in [1.54, 1.807) is 12.1 Å². The molecule has 17 heavy (non-hydrogen) atoms. The van der Waals surface area contributed by atoms with E-state index < -0.39 is 5.79 Å². The zero-order valence-electron chi connectivity index (χ0n) is 9.77. The molecule has 0 atom stereocenters. The second-order valence-corrected chi connectivity index (χ2v) is 4.03. The molecule has 1 saturated heterocycles. The molecule has 0 amide bonds. The lowest BCUT2D eigenvalue weighted by Gasteiger charge is -2.22. The van der Waals surface area contributed by atoms with Gasteiger partial charge in [-0.2, -0.15) is 5.26 Å². The summed E-state index contributed by atoms with van der Waals surface area (Å²) in [5, 5.41) is 11.9. The molecule has 0 spiro atoms. The third kappa shape index (κ3) is 3.16. The molecule has 2 rings (SSSR count). The summed E-state index contributed by atoms with van der Waals surface area (Å²) >= 11 is 0. The Kier molecular flexibility index (Phi) is 3.57. The normalized spacial score (nSPS) is 17.6. The van der Waals surface area contributed by atoms with Gasteiger partial charge in [0, 0.05) is 13.0 Å². The Bertz CT molecular complexity index is 422. The number of nitrogens with zero attached hydrogens (tertiary/aromatic N) is 2.